The van der Waals surface area contributed by atoms with Crippen molar-refractivity contribution in [2.75, 3.05) is 18.5 Å². The van der Waals surface area contributed by atoms with Gasteiger partial charge in [-0.05, 0) is 43.7 Å². The predicted octanol–water partition coefficient (Wildman–Crippen LogP) is 3.09. The Hall–Kier alpha value is -3.35. The SMILES string of the molecule is CC(C)(C(=O)Nc1ccccn1)n1cc(-c2ccc3c(c2)OCCO3)cn1. The van der Waals surface area contributed by atoms with Gasteiger partial charge in [0.15, 0.2) is 11.5 Å². The van der Waals surface area contributed by atoms with Crippen LogP contribution in [0.5, 0.6) is 11.5 Å². The van der Waals surface area contributed by atoms with E-state index in [0.29, 0.717) is 19.0 Å². The van der Waals surface area contributed by atoms with Crippen molar-refractivity contribution in [1.29, 1.82) is 0 Å². The van der Waals surface area contributed by atoms with Gasteiger partial charge in [0.05, 0.1) is 6.20 Å². The second-order valence-corrected chi connectivity index (χ2v) is 6.76. The van der Waals surface area contributed by atoms with Crippen LogP contribution in [0, 0.1) is 0 Å². The number of anilines is 1. The van der Waals surface area contributed by atoms with E-state index in [2.05, 4.69) is 15.4 Å². The molecule has 0 saturated carbocycles. The molecule has 1 aliphatic heterocycles. The number of rotatable bonds is 4. The number of nitrogens with one attached hydrogen (secondary N) is 1. The zero-order chi connectivity index (χ0) is 18.9. The van der Waals surface area contributed by atoms with Crippen LogP contribution >= 0.6 is 0 Å². The van der Waals surface area contributed by atoms with Gasteiger partial charge in [0.25, 0.3) is 5.91 Å². The molecule has 0 unspecified atom stereocenters. The number of ether oxygens (including phenoxy) is 2. The van der Waals surface area contributed by atoms with Crippen LogP contribution in [0.3, 0.4) is 0 Å². The molecule has 0 saturated heterocycles. The summed E-state index contributed by atoms with van der Waals surface area (Å²) in [7, 11) is 0. The fourth-order valence-corrected chi connectivity index (χ4v) is 2.81. The summed E-state index contributed by atoms with van der Waals surface area (Å²) in [5.74, 6) is 1.78. The summed E-state index contributed by atoms with van der Waals surface area (Å²) in [6.07, 6.45) is 5.22. The normalized spacial score (nSPS) is 13.3. The van der Waals surface area contributed by atoms with E-state index in [9.17, 15) is 4.79 Å². The molecule has 2 aromatic heterocycles. The van der Waals surface area contributed by atoms with E-state index >= 15 is 0 Å². The number of hydrogen-bond donors (Lipinski definition) is 1. The lowest BCUT2D eigenvalue weighted by molar-refractivity contribution is -0.123. The smallest absolute Gasteiger partial charge is 0.252 e. The number of amides is 1. The highest BCUT2D eigenvalue weighted by Gasteiger charge is 2.31. The lowest BCUT2D eigenvalue weighted by Gasteiger charge is -2.24. The molecule has 4 rings (SSSR count). The fourth-order valence-electron chi connectivity index (χ4n) is 2.81. The van der Waals surface area contributed by atoms with E-state index in [1.807, 2.05) is 44.3 Å². The third-order valence-electron chi connectivity index (χ3n) is 4.49. The third-order valence-corrected chi connectivity index (χ3v) is 4.49. The Balaban J connectivity index is 1.57. The summed E-state index contributed by atoms with van der Waals surface area (Å²) in [5.41, 5.74) is 0.959. The number of carbonyl (C=O) groups is 1. The maximum Gasteiger partial charge on any atom is 0.252 e. The minimum absolute atomic E-state index is 0.196. The van der Waals surface area contributed by atoms with Gasteiger partial charge in [-0.2, -0.15) is 5.10 Å². The fraction of sp³-hybridized carbons (Fsp3) is 0.250. The number of nitrogens with zero attached hydrogens (tertiary/aromatic N) is 3. The van der Waals surface area contributed by atoms with E-state index in [1.165, 1.54) is 0 Å². The molecule has 7 heteroatoms. The predicted molar refractivity (Wildman–Crippen MR) is 101 cm³/mol. The van der Waals surface area contributed by atoms with E-state index in [-0.39, 0.29) is 5.91 Å². The Morgan fingerprint density at radius 1 is 1.11 bits per heavy atom. The van der Waals surface area contributed by atoms with Gasteiger partial charge in [0.2, 0.25) is 0 Å². The molecule has 1 N–H and O–H groups in total. The van der Waals surface area contributed by atoms with Gasteiger partial charge < -0.3 is 14.8 Å². The molecular formula is C20H20N4O3. The number of aromatic nitrogens is 3. The monoisotopic (exact) mass is 364 g/mol. The molecule has 7 nitrogen and oxygen atoms in total. The molecule has 0 aliphatic carbocycles. The Kier molecular flexibility index (Phi) is 4.27. The molecule has 1 aromatic carbocycles. The highest BCUT2D eigenvalue weighted by Crippen LogP contribution is 2.34. The molecule has 3 aromatic rings. The van der Waals surface area contributed by atoms with Gasteiger partial charge in [-0.1, -0.05) is 12.1 Å². The zero-order valence-electron chi connectivity index (χ0n) is 15.2. The van der Waals surface area contributed by atoms with Crippen LogP contribution in [0.15, 0.2) is 55.0 Å². The summed E-state index contributed by atoms with van der Waals surface area (Å²) in [6.45, 7) is 4.72. The third kappa shape index (κ3) is 3.36. The molecular weight excluding hydrogens is 344 g/mol. The van der Waals surface area contributed by atoms with Crippen LogP contribution < -0.4 is 14.8 Å². The number of pyridine rings is 1. The molecule has 27 heavy (non-hydrogen) atoms. The van der Waals surface area contributed by atoms with Gasteiger partial charge in [-0.3, -0.25) is 9.48 Å². The van der Waals surface area contributed by atoms with E-state index < -0.39 is 5.54 Å². The van der Waals surface area contributed by atoms with Gasteiger partial charge in [0, 0.05) is 18.0 Å². The van der Waals surface area contributed by atoms with Gasteiger partial charge in [0.1, 0.15) is 24.6 Å². The van der Waals surface area contributed by atoms with Crippen molar-refractivity contribution < 1.29 is 14.3 Å². The average Bonchev–Trinajstić information content (AvgIpc) is 3.19. The number of benzene rings is 1. The molecule has 3 heterocycles. The molecule has 0 fully saturated rings. The Labute approximate surface area is 156 Å². The maximum atomic E-state index is 12.7. The lowest BCUT2D eigenvalue weighted by atomic mass is 10.0. The highest BCUT2D eigenvalue weighted by molar-refractivity contribution is 5.95. The first-order valence-corrected chi connectivity index (χ1v) is 8.72. The number of carbonyl (C=O) groups excluding carboxylic acids is 1. The minimum atomic E-state index is -0.885. The van der Waals surface area contributed by atoms with Gasteiger partial charge >= 0.3 is 0 Å². The highest BCUT2D eigenvalue weighted by atomic mass is 16.6. The molecule has 0 spiro atoms. The van der Waals surface area contributed by atoms with Crippen LogP contribution in [0.1, 0.15) is 13.8 Å². The van der Waals surface area contributed by atoms with Crippen molar-refractivity contribution in [3.63, 3.8) is 0 Å². The van der Waals surface area contributed by atoms with Crippen molar-refractivity contribution in [2.24, 2.45) is 0 Å². The largest absolute Gasteiger partial charge is 0.486 e. The second kappa shape index (κ2) is 6.75. The lowest BCUT2D eigenvalue weighted by Crippen LogP contribution is -2.40. The average molecular weight is 364 g/mol. The maximum absolute atomic E-state index is 12.7. The summed E-state index contributed by atoms with van der Waals surface area (Å²) in [4.78, 5) is 16.9. The van der Waals surface area contributed by atoms with Crippen molar-refractivity contribution in [3.05, 3.63) is 55.0 Å². The molecule has 0 atom stereocenters. The Morgan fingerprint density at radius 2 is 1.93 bits per heavy atom. The van der Waals surface area contributed by atoms with Crippen LogP contribution in [-0.2, 0) is 10.3 Å². The van der Waals surface area contributed by atoms with Crippen molar-refractivity contribution in [2.45, 2.75) is 19.4 Å². The van der Waals surface area contributed by atoms with E-state index in [0.717, 1.165) is 22.6 Å². The van der Waals surface area contributed by atoms with Crippen LogP contribution in [0.4, 0.5) is 5.82 Å². The van der Waals surface area contributed by atoms with Crippen molar-refractivity contribution >= 4 is 11.7 Å². The summed E-state index contributed by atoms with van der Waals surface area (Å²) < 4.78 is 12.8. The van der Waals surface area contributed by atoms with Crippen LogP contribution in [-0.4, -0.2) is 33.9 Å². The molecule has 1 amide bonds. The van der Waals surface area contributed by atoms with Crippen LogP contribution in [0.2, 0.25) is 0 Å². The number of hydrogen-bond acceptors (Lipinski definition) is 5. The minimum Gasteiger partial charge on any atom is -0.486 e. The second-order valence-electron chi connectivity index (χ2n) is 6.76. The first-order valence-electron chi connectivity index (χ1n) is 8.72. The topological polar surface area (TPSA) is 78.3 Å². The standard InChI is InChI=1S/C20H20N4O3/c1-20(2,19(25)23-18-5-3-4-8-21-18)24-13-15(12-22-24)14-6-7-16-17(11-14)27-10-9-26-16/h3-8,11-13H,9-10H2,1-2H3,(H,21,23,25). The molecule has 0 bridgehead atoms. The molecule has 1 aliphatic rings. The molecule has 0 radical (unpaired) electrons. The zero-order valence-corrected chi connectivity index (χ0v) is 15.2. The molecule has 138 valence electrons. The van der Waals surface area contributed by atoms with Crippen molar-refractivity contribution in [3.8, 4) is 22.6 Å². The Morgan fingerprint density at radius 3 is 2.70 bits per heavy atom. The Bertz CT molecular complexity index is 966. The van der Waals surface area contributed by atoms with Crippen molar-refractivity contribution in [1.82, 2.24) is 14.8 Å². The van der Waals surface area contributed by atoms with E-state index in [1.54, 1.807) is 29.2 Å². The summed E-state index contributed by atoms with van der Waals surface area (Å²) in [5, 5.41) is 7.23. The van der Waals surface area contributed by atoms with Gasteiger partial charge in [-0.25, -0.2) is 4.98 Å². The first-order chi connectivity index (χ1) is 13.0. The summed E-state index contributed by atoms with van der Waals surface area (Å²) in [6, 6.07) is 11.1. The van der Waals surface area contributed by atoms with Crippen LogP contribution in [0.25, 0.3) is 11.1 Å². The van der Waals surface area contributed by atoms with Gasteiger partial charge in [-0.15, -0.1) is 0 Å². The van der Waals surface area contributed by atoms with E-state index in [4.69, 9.17) is 9.47 Å². The number of fused-ring (bicyclic) bond motifs is 1. The summed E-state index contributed by atoms with van der Waals surface area (Å²) >= 11 is 0. The first kappa shape index (κ1) is 17.1. The quantitative estimate of drug-likeness (QED) is 0.770.